The molecule has 0 amide bonds. The van der Waals surface area contributed by atoms with Crippen LogP contribution in [0.3, 0.4) is 0 Å². The Morgan fingerprint density at radius 2 is 0.476 bits per heavy atom. The normalized spacial score (nSPS) is 11.3. The topological polar surface area (TPSA) is 31.4 Å². The lowest BCUT2D eigenvalue weighted by molar-refractivity contribution is 0.339. The molecule has 0 saturated heterocycles. The molecule has 0 aliphatic carbocycles. The van der Waals surface area contributed by atoms with Crippen molar-refractivity contribution >= 4 is 117 Å². The van der Waals surface area contributed by atoms with E-state index in [2.05, 4.69) is 471 Å². The van der Waals surface area contributed by atoms with E-state index in [4.69, 9.17) is 9.47 Å². The number of aryl methyl sites for hydroxylation is 10. The molecule has 0 aliphatic rings. The van der Waals surface area contributed by atoms with Crippen LogP contribution in [0, 0.1) is 69.2 Å². The lowest BCUT2D eigenvalue weighted by Crippen LogP contribution is -2.11. The molecule has 0 heterocycles. The Labute approximate surface area is 735 Å². The van der Waals surface area contributed by atoms with Gasteiger partial charge in [-0.15, -0.1) is 0 Å². The zero-order chi connectivity index (χ0) is 86.0. The van der Waals surface area contributed by atoms with Gasteiger partial charge >= 0.3 is 0 Å². The van der Waals surface area contributed by atoms with Crippen LogP contribution >= 0.6 is 0 Å². The first-order valence-electron chi connectivity index (χ1n) is 43.0. The molecule has 6 heteroatoms. The van der Waals surface area contributed by atoms with Crippen molar-refractivity contribution in [2.24, 2.45) is 0 Å². The molecule has 0 unspecified atom stereocenters. The third-order valence-corrected chi connectivity index (χ3v) is 22.8. The van der Waals surface area contributed by atoms with Crippen LogP contribution in [-0.4, -0.2) is 13.2 Å². The Morgan fingerprint density at radius 1 is 0.202 bits per heavy atom. The van der Waals surface area contributed by atoms with Crippen molar-refractivity contribution in [3.05, 3.63) is 464 Å². The quantitative estimate of drug-likeness (QED) is 0.0502. The highest BCUT2D eigenvalue weighted by molar-refractivity contribution is 5.87. The summed E-state index contributed by atoms with van der Waals surface area (Å²) in [5, 5.41) is 0. The van der Waals surface area contributed by atoms with E-state index >= 15 is 0 Å². The number of rotatable bonds is 26. The average Bonchev–Trinajstić information content (AvgIpc) is 1.41. The maximum absolute atomic E-state index is 5.85. The van der Waals surface area contributed by atoms with E-state index in [0.29, 0.717) is 13.2 Å². The summed E-state index contributed by atoms with van der Waals surface area (Å²) in [6.45, 7) is 26.9. The summed E-state index contributed by atoms with van der Waals surface area (Å²) < 4.78 is 11.5. The van der Waals surface area contributed by atoms with E-state index in [0.717, 1.165) is 113 Å². The first kappa shape index (κ1) is 84.3. The fourth-order valence-electron chi connectivity index (χ4n) is 15.8. The first-order valence-corrected chi connectivity index (χ1v) is 43.0. The second-order valence-electron chi connectivity index (χ2n) is 32.1. The molecule has 0 bridgehead atoms. The summed E-state index contributed by atoms with van der Waals surface area (Å²) in [4.78, 5) is 9.39. The van der Waals surface area contributed by atoms with Crippen molar-refractivity contribution in [3.63, 3.8) is 0 Å². The SMILES string of the molecule is CCOc1ccc(/C=C/c2ccc(N(c3ccc(C)cc3)c3ccc(-c4ccc(N(c5ccc(C)cc5)c5ccc(/C=C/c6ccc(C)cc6)c(C)c5)cc4)cc3)cc2C)cc1.CCOc1ccccc1/C=C/c1ccc(N(c2ccc(-c3ccc(N(c4ccc(/C=C/c5ccccc5C)cc4)c4ccc(C)cc4C)cc3)cc2)c2ccc(C)cc2C)cc1. The van der Waals surface area contributed by atoms with Crippen molar-refractivity contribution in [2.75, 3.05) is 32.8 Å². The van der Waals surface area contributed by atoms with E-state index in [1.807, 2.05) is 44.2 Å². The Morgan fingerprint density at radius 3 is 0.823 bits per heavy atom. The van der Waals surface area contributed by atoms with Crippen molar-refractivity contribution in [1.29, 1.82) is 0 Å². The Bertz CT molecular complexity index is 6420. The Hall–Kier alpha value is -14.7. The van der Waals surface area contributed by atoms with Gasteiger partial charge in [0.2, 0.25) is 0 Å². The smallest absolute Gasteiger partial charge is 0.126 e. The van der Waals surface area contributed by atoms with Gasteiger partial charge in [0.25, 0.3) is 0 Å². The van der Waals surface area contributed by atoms with Crippen molar-refractivity contribution in [3.8, 4) is 33.8 Å². The molecule has 0 saturated carbocycles. The van der Waals surface area contributed by atoms with Gasteiger partial charge < -0.3 is 29.1 Å². The molecule has 0 spiro atoms. The molecule has 612 valence electrons. The van der Waals surface area contributed by atoms with Crippen LogP contribution in [0.1, 0.15) is 114 Å². The summed E-state index contributed by atoms with van der Waals surface area (Å²) in [5.74, 6) is 1.79. The second kappa shape index (κ2) is 39.7. The highest BCUT2D eigenvalue weighted by Crippen LogP contribution is 2.44. The van der Waals surface area contributed by atoms with E-state index < -0.39 is 0 Å². The molecule has 0 N–H and O–H groups in total. The number of para-hydroxylation sites is 1. The zero-order valence-electron chi connectivity index (χ0n) is 73.3. The fraction of sp³-hybridized carbons (Fsp3) is 0.119. The van der Waals surface area contributed by atoms with Crippen LogP contribution in [0.15, 0.2) is 364 Å². The Kier molecular flexibility index (Phi) is 27.0. The molecule has 124 heavy (non-hydrogen) atoms. The number of anilines is 12. The van der Waals surface area contributed by atoms with Gasteiger partial charge in [-0.05, 0) is 324 Å². The predicted molar refractivity (Wildman–Crippen MR) is 534 cm³/mol. The van der Waals surface area contributed by atoms with Crippen molar-refractivity contribution in [2.45, 2.75) is 83.1 Å². The molecule has 0 aliphatic heterocycles. The van der Waals surface area contributed by atoms with Crippen LogP contribution in [0.25, 0.3) is 70.9 Å². The van der Waals surface area contributed by atoms with Gasteiger partial charge in [0, 0.05) is 73.8 Å². The highest BCUT2D eigenvalue weighted by Gasteiger charge is 2.21. The monoisotopic (exact) mass is 1610 g/mol. The van der Waals surface area contributed by atoms with Crippen molar-refractivity contribution in [1.82, 2.24) is 0 Å². The number of benzene rings is 16. The summed E-state index contributed by atoms with van der Waals surface area (Å²) in [5.41, 5.74) is 39.8. The average molecular weight is 1610 g/mol. The van der Waals surface area contributed by atoms with E-state index in [1.54, 1.807) is 0 Å². The lowest BCUT2D eigenvalue weighted by atomic mass is 10.0. The first-order chi connectivity index (χ1) is 60.4. The molecule has 16 aromatic rings. The predicted octanol–water partition coefficient (Wildman–Crippen LogP) is 33.1. The van der Waals surface area contributed by atoms with Crippen LogP contribution in [0.2, 0.25) is 0 Å². The van der Waals surface area contributed by atoms with E-state index in [1.165, 1.54) is 89.1 Å². The third kappa shape index (κ3) is 20.8. The third-order valence-electron chi connectivity index (χ3n) is 22.8. The fourth-order valence-corrected chi connectivity index (χ4v) is 15.8. The van der Waals surface area contributed by atoms with Gasteiger partial charge in [-0.25, -0.2) is 0 Å². The van der Waals surface area contributed by atoms with E-state index in [-0.39, 0.29) is 0 Å². The summed E-state index contributed by atoms with van der Waals surface area (Å²) in [7, 11) is 0. The molecule has 16 rings (SSSR count). The minimum Gasteiger partial charge on any atom is -0.494 e. The molecule has 6 nitrogen and oxygen atoms in total. The molecule has 0 fully saturated rings. The zero-order valence-corrected chi connectivity index (χ0v) is 73.3. The van der Waals surface area contributed by atoms with Crippen LogP contribution in [-0.2, 0) is 0 Å². The number of hydrogen-bond donors (Lipinski definition) is 0. The molecule has 0 aromatic heterocycles. The van der Waals surface area contributed by atoms with Crippen molar-refractivity contribution < 1.29 is 9.47 Å². The molecular formula is C118H108N4O2. The van der Waals surface area contributed by atoms with Crippen LogP contribution in [0.4, 0.5) is 68.2 Å². The maximum atomic E-state index is 5.85. The summed E-state index contributed by atoms with van der Waals surface area (Å²) in [6.07, 6.45) is 17.4. The Balaban J connectivity index is 0.000000192. The summed E-state index contributed by atoms with van der Waals surface area (Å²) >= 11 is 0. The van der Waals surface area contributed by atoms with Crippen LogP contribution in [0.5, 0.6) is 11.5 Å². The summed E-state index contributed by atoms with van der Waals surface area (Å²) in [6, 6.07) is 131. The molecular weight excluding hydrogens is 1510 g/mol. The minimum atomic E-state index is 0.637. The lowest BCUT2D eigenvalue weighted by Gasteiger charge is -2.28. The van der Waals surface area contributed by atoms with Gasteiger partial charge in [0.1, 0.15) is 11.5 Å². The van der Waals surface area contributed by atoms with Crippen LogP contribution < -0.4 is 29.1 Å². The highest BCUT2D eigenvalue weighted by atomic mass is 16.5. The molecule has 0 atom stereocenters. The molecule has 16 aromatic carbocycles. The minimum absolute atomic E-state index is 0.637. The largest absolute Gasteiger partial charge is 0.494 e. The van der Waals surface area contributed by atoms with Gasteiger partial charge in [-0.2, -0.15) is 0 Å². The number of nitrogens with zero attached hydrogens (tertiary/aromatic N) is 4. The van der Waals surface area contributed by atoms with E-state index in [9.17, 15) is 0 Å². The standard InChI is InChI=1S/2C59H54N2O/c1-7-62-59-38-18-48(19-39-59)17-21-50-23-37-58(41-46(50)6)61(54-30-12-44(4)13-31-54)56-34-26-52(27-35-56)51-24-32-55(33-25-51)60(53-28-10-43(3)11-29-53)57-36-22-49(45(5)40-57)20-16-47-14-8-42(2)9-15-47;1-7-62-59-15-11-10-14-52(59)25-19-48-22-32-54(33-23-48)61(58-39-17-43(3)41-46(58)6)56-36-28-51(29-37-56)50-26-34-55(35-27-50)60(57-38-16-42(2)40-45(57)5)53-30-20-47(21-31-53)18-24-49-13-9-8-12-44(49)4/h2*8-41H,7H2,1-6H3/b20-16+,21-17+;24-18+,25-19+. The van der Waals surface area contributed by atoms with Gasteiger partial charge in [-0.3, -0.25) is 0 Å². The van der Waals surface area contributed by atoms with Gasteiger partial charge in [0.05, 0.1) is 13.2 Å². The number of ether oxygens (including phenoxy) is 2. The second-order valence-corrected chi connectivity index (χ2v) is 32.1. The molecule has 0 radical (unpaired) electrons. The van der Waals surface area contributed by atoms with Gasteiger partial charge in [0.15, 0.2) is 0 Å². The maximum Gasteiger partial charge on any atom is 0.126 e. The number of hydrogen-bond acceptors (Lipinski definition) is 6. The van der Waals surface area contributed by atoms with Gasteiger partial charge in [-0.1, -0.05) is 289 Å².